The molecule has 0 spiro atoms. The van der Waals surface area contributed by atoms with Gasteiger partial charge in [0.2, 0.25) is 0 Å². The maximum Gasteiger partial charge on any atom is 0.343 e. The zero-order chi connectivity index (χ0) is 27.0. The lowest BCUT2D eigenvalue weighted by molar-refractivity contribution is -0.384. The van der Waals surface area contributed by atoms with Crippen molar-refractivity contribution in [1.82, 2.24) is 0 Å². The molecule has 188 valence electrons. The minimum atomic E-state index is -0.829. The number of carbonyl (C=O) groups excluding carboxylic acids is 3. The maximum absolute atomic E-state index is 13.5. The normalized spacial score (nSPS) is 14.9. The van der Waals surface area contributed by atoms with E-state index in [0.717, 1.165) is 15.4 Å². The van der Waals surface area contributed by atoms with E-state index in [0.29, 0.717) is 5.69 Å². The molecule has 0 bridgehead atoms. The van der Waals surface area contributed by atoms with Crippen LogP contribution in [-0.4, -0.2) is 22.8 Å². The van der Waals surface area contributed by atoms with Crippen molar-refractivity contribution in [2.24, 2.45) is 0 Å². The summed E-state index contributed by atoms with van der Waals surface area (Å²) in [5.74, 6) is -1.43. The van der Waals surface area contributed by atoms with Gasteiger partial charge in [-0.1, -0.05) is 47.5 Å². The lowest BCUT2D eigenvalue weighted by atomic mass is 10.1. The molecule has 4 aromatic rings. The first-order valence-electron chi connectivity index (χ1n) is 11.3. The van der Waals surface area contributed by atoms with Crippen molar-refractivity contribution >= 4 is 52.6 Å². The first kappa shape index (κ1) is 24.7. The minimum Gasteiger partial charge on any atom is -0.456 e. The van der Waals surface area contributed by atoms with Crippen LogP contribution in [-0.2, 0) is 9.59 Å². The number of nitro groups is 1. The second-order valence-electron chi connectivity index (χ2n) is 8.41. The van der Waals surface area contributed by atoms with Gasteiger partial charge in [-0.2, -0.15) is 0 Å². The Morgan fingerprint density at radius 1 is 0.842 bits per heavy atom. The topological polar surface area (TPSA) is 114 Å². The molecule has 9 nitrogen and oxygen atoms in total. The van der Waals surface area contributed by atoms with Gasteiger partial charge in [-0.3, -0.25) is 19.7 Å². The summed E-state index contributed by atoms with van der Waals surface area (Å²) in [6.45, 7) is 1.87. The fourth-order valence-electron chi connectivity index (χ4n) is 4.04. The Bertz CT molecular complexity index is 1630. The van der Waals surface area contributed by atoms with Gasteiger partial charge in [-0.15, -0.1) is 0 Å². The Labute approximate surface area is 221 Å². The summed E-state index contributed by atoms with van der Waals surface area (Å²) < 4.78 is 5.77. The monoisotopic (exact) mass is 527 g/mol. The number of hydrogen-bond acceptors (Lipinski definition) is 6. The van der Waals surface area contributed by atoms with Gasteiger partial charge in [0, 0.05) is 11.1 Å². The number of rotatable bonds is 5. The molecule has 10 heteroatoms. The molecule has 0 radical (unpaired) electrons. The summed E-state index contributed by atoms with van der Waals surface area (Å²) in [5.41, 5.74) is 1.10. The lowest BCUT2D eigenvalue weighted by Gasteiger charge is -2.33. The van der Waals surface area contributed by atoms with Gasteiger partial charge in [0.15, 0.2) is 0 Å². The van der Waals surface area contributed by atoms with Crippen LogP contribution in [0.4, 0.5) is 21.9 Å². The molecule has 1 aliphatic heterocycles. The zero-order valence-electron chi connectivity index (χ0n) is 19.8. The van der Waals surface area contributed by atoms with Crippen LogP contribution in [0.2, 0.25) is 5.02 Å². The van der Waals surface area contributed by atoms with E-state index in [1.807, 2.05) is 6.92 Å². The number of para-hydroxylation sites is 1. The number of hydrogen-bond donors (Lipinski definition) is 0. The predicted molar refractivity (Wildman–Crippen MR) is 142 cm³/mol. The fraction of sp³-hybridized carbons (Fsp3) is 0.0357. The predicted octanol–water partition coefficient (Wildman–Crippen LogP) is 6.40. The second-order valence-corrected chi connectivity index (χ2v) is 8.85. The molecule has 38 heavy (non-hydrogen) atoms. The molecule has 1 aliphatic rings. The zero-order valence-corrected chi connectivity index (χ0v) is 20.6. The van der Waals surface area contributed by atoms with Crippen molar-refractivity contribution in [3.63, 3.8) is 0 Å². The molecule has 0 aliphatic carbocycles. The number of imide groups is 2. The number of nitrogens with zero attached hydrogens (tertiary/aromatic N) is 3. The molecule has 3 aromatic carbocycles. The number of amides is 4. The van der Waals surface area contributed by atoms with E-state index in [1.165, 1.54) is 36.4 Å². The average Bonchev–Trinajstić information content (AvgIpc) is 3.37. The molecular formula is C28H18ClN3O6. The van der Waals surface area contributed by atoms with Crippen LogP contribution in [0.3, 0.4) is 0 Å². The Hall–Kier alpha value is -5.02. The number of nitro benzene ring substituents is 1. The second kappa shape index (κ2) is 9.79. The van der Waals surface area contributed by atoms with E-state index >= 15 is 0 Å². The van der Waals surface area contributed by atoms with Crippen LogP contribution >= 0.6 is 11.6 Å². The largest absolute Gasteiger partial charge is 0.456 e. The highest BCUT2D eigenvalue weighted by atomic mass is 35.5. The smallest absolute Gasteiger partial charge is 0.343 e. The molecule has 0 atom stereocenters. The third-order valence-corrected chi connectivity index (χ3v) is 6.13. The molecule has 5 rings (SSSR count). The van der Waals surface area contributed by atoms with E-state index in [1.54, 1.807) is 54.6 Å². The van der Waals surface area contributed by atoms with Gasteiger partial charge in [0.25, 0.3) is 17.5 Å². The van der Waals surface area contributed by atoms with E-state index < -0.39 is 22.8 Å². The number of furan rings is 1. The van der Waals surface area contributed by atoms with Crippen molar-refractivity contribution in [3.8, 4) is 11.3 Å². The first-order chi connectivity index (χ1) is 18.2. The summed E-state index contributed by atoms with van der Waals surface area (Å²) in [6, 6.07) is 21.3. The van der Waals surface area contributed by atoms with Crippen LogP contribution in [0, 0.1) is 17.0 Å². The third kappa shape index (κ3) is 4.46. The average molecular weight is 528 g/mol. The number of anilines is 2. The molecular weight excluding hydrogens is 510 g/mol. The highest BCUT2D eigenvalue weighted by Crippen LogP contribution is 2.35. The van der Waals surface area contributed by atoms with Gasteiger partial charge in [-0.25, -0.2) is 14.6 Å². The van der Waals surface area contributed by atoms with Crippen LogP contribution in [0.1, 0.15) is 11.3 Å². The van der Waals surface area contributed by atoms with Gasteiger partial charge in [0.05, 0.1) is 21.9 Å². The van der Waals surface area contributed by atoms with Crippen LogP contribution in [0.5, 0.6) is 0 Å². The van der Waals surface area contributed by atoms with E-state index in [2.05, 4.69) is 0 Å². The SMILES string of the molecule is Cc1ccc(N2C(=O)/C(=C/c3ccc(-c4ccc(Cl)cc4[N+](=O)[O-])o3)C(=O)N(c3ccccc3)C2=O)cc1. The van der Waals surface area contributed by atoms with Crippen LogP contribution < -0.4 is 9.80 Å². The number of barbiturate groups is 1. The van der Waals surface area contributed by atoms with Gasteiger partial charge in [-0.05, 0) is 61.5 Å². The molecule has 4 amide bonds. The standard InChI is InChI=1S/C28H18ClN3O6/c1-17-7-10-20(11-8-17)31-27(34)23(26(33)30(28(31)35)19-5-3-2-4-6-19)16-21-12-14-25(38-21)22-13-9-18(29)15-24(22)32(36)37/h2-16H,1H3/b23-16+. The molecule has 2 heterocycles. The number of urea groups is 1. The Kier molecular flexibility index (Phi) is 6.36. The van der Waals surface area contributed by atoms with E-state index in [9.17, 15) is 24.5 Å². The maximum atomic E-state index is 13.5. The summed E-state index contributed by atoms with van der Waals surface area (Å²) in [7, 11) is 0. The Morgan fingerprint density at radius 2 is 1.47 bits per heavy atom. The summed E-state index contributed by atoms with van der Waals surface area (Å²) >= 11 is 5.91. The highest BCUT2D eigenvalue weighted by molar-refractivity contribution is 6.46. The molecule has 1 saturated heterocycles. The van der Waals surface area contributed by atoms with Gasteiger partial charge >= 0.3 is 6.03 Å². The van der Waals surface area contributed by atoms with Crippen molar-refractivity contribution in [1.29, 1.82) is 0 Å². The van der Waals surface area contributed by atoms with Crippen molar-refractivity contribution in [3.05, 3.63) is 117 Å². The number of halogens is 1. The Morgan fingerprint density at radius 3 is 2.11 bits per heavy atom. The van der Waals surface area contributed by atoms with Gasteiger partial charge < -0.3 is 4.42 Å². The number of carbonyl (C=O) groups is 3. The molecule has 0 N–H and O–H groups in total. The highest BCUT2D eigenvalue weighted by Gasteiger charge is 2.43. The number of aryl methyl sites for hydroxylation is 1. The summed E-state index contributed by atoms with van der Waals surface area (Å²) in [6.07, 6.45) is 1.22. The summed E-state index contributed by atoms with van der Waals surface area (Å²) in [4.78, 5) is 53.2. The van der Waals surface area contributed by atoms with Gasteiger partial charge in [0.1, 0.15) is 17.1 Å². The molecule has 0 unspecified atom stereocenters. The molecule has 0 saturated carbocycles. The molecule has 1 fully saturated rings. The van der Waals surface area contributed by atoms with Crippen molar-refractivity contribution < 1.29 is 23.7 Å². The lowest BCUT2D eigenvalue weighted by Crippen LogP contribution is -2.57. The number of benzene rings is 3. The first-order valence-corrected chi connectivity index (χ1v) is 11.7. The minimum absolute atomic E-state index is 0.0900. The summed E-state index contributed by atoms with van der Waals surface area (Å²) in [5, 5.41) is 11.7. The third-order valence-electron chi connectivity index (χ3n) is 5.89. The Balaban J connectivity index is 1.60. The van der Waals surface area contributed by atoms with Crippen LogP contribution in [0.15, 0.2) is 94.9 Å². The van der Waals surface area contributed by atoms with Crippen molar-refractivity contribution in [2.45, 2.75) is 6.92 Å². The quantitative estimate of drug-likeness (QED) is 0.128. The van der Waals surface area contributed by atoms with Crippen molar-refractivity contribution in [2.75, 3.05) is 9.80 Å². The molecule has 1 aromatic heterocycles. The van der Waals surface area contributed by atoms with Crippen LogP contribution in [0.25, 0.3) is 17.4 Å². The fourth-order valence-corrected chi connectivity index (χ4v) is 4.20. The van der Waals surface area contributed by atoms with E-state index in [-0.39, 0.29) is 39.1 Å². The van der Waals surface area contributed by atoms with E-state index in [4.69, 9.17) is 16.0 Å².